The second-order valence-electron chi connectivity index (χ2n) is 21.0. The molecule has 0 bridgehead atoms. The quantitative estimate of drug-likeness (QED) is 0.0321. The van der Waals surface area contributed by atoms with E-state index in [1.807, 2.05) is 0 Å². The number of ether oxygens (including phenoxy) is 1. The van der Waals surface area contributed by atoms with Gasteiger partial charge in [-0.15, -0.1) is 0 Å². The zero-order chi connectivity index (χ0) is 48.6. The van der Waals surface area contributed by atoms with E-state index in [-0.39, 0.29) is 18.5 Å². The highest BCUT2D eigenvalue weighted by molar-refractivity contribution is 5.76. The van der Waals surface area contributed by atoms with Crippen molar-refractivity contribution < 1.29 is 24.5 Å². The Morgan fingerprint density at radius 2 is 0.701 bits per heavy atom. The summed E-state index contributed by atoms with van der Waals surface area (Å²) in [6.45, 7) is 4.96. The number of unbranched alkanes of at least 4 members (excludes halogenated alkanes) is 44. The Balaban J connectivity index is 3.43. The fourth-order valence-corrected chi connectivity index (χ4v) is 9.64. The molecule has 0 saturated carbocycles. The van der Waals surface area contributed by atoms with Crippen LogP contribution in [-0.4, -0.2) is 47.4 Å². The number of esters is 1. The highest BCUT2D eigenvalue weighted by Crippen LogP contribution is 2.18. The van der Waals surface area contributed by atoms with Gasteiger partial charge >= 0.3 is 5.97 Å². The normalized spacial score (nSPS) is 12.6. The minimum absolute atomic E-state index is 0.00291. The third kappa shape index (κ3) is 53.8. The first kappa shape index (κ1) is 65.6. The van der Waals surface area contributed by atoms with E-state index < -0.39 is 12.1 Å². The third-order valence-electron chi connectivity index (χ3n) is 14.3. The van der Waals surface area contributed by atoms with E-state index in [4.69, 9.17) is 4.74 Å². The molecule has 3 N–H and O–H groups in total. The Hall–Kier alpha value is -1.40. The molecule has 0 rings (SSSR count). The summed E-state index contributed by atoms with van der Waals surface area (Å²) in [6, 6.07) is -0.550. The highest BCUT2D eigenvalue weighted by Gasteiger charge is 2.20. The van der Waals surface area contributed by atoms with Gasteiger partial charge in [-0.1, -0.05) is 289 Å². The van der Waals surface area contributed by atoms with Crippen molar-refractivity contribution >= 4 is 11.9 Å². The van der Waals surface area contributed by atoms with Crippen LogP contribution < -0.4 is 5.32 Å². The molecule has 0 saturated heterocycles. The topological polar surface area (TPSA) is 95.9 Å². The van der Waals surface area contributed by atoms with Crippen LogP contribution in [0.3, 0.4) is 0 Å². The Labute approximate surface area is 419 Å². The number of aliphatic hydroxyl groups excluding tert-OH is 2. The second kappa shape index (κ2) is 57.2. The van der Waals surface area contributed by atoms with E-state index in [1.54, 1.807) is 0 Å². The number of hydrogen-bond donors (Lipinski definition) is 3. The smallest absolute Gasteiger partial charge is 0.305 e. The van der Waals surface area contributed by atoms with E-state index in [0.717, 1.165) is 51.4 Å². The molecule has 0 aliphatic rings. The standard InChI is InChI=1S/C61H119NO5/c1-3-5-7-9-11-13-15-17-19-22-27-31-35-39-43-47-51-55-61(66)67-56-52-48-44-40-36-32-28-24-21-23-26-30-34-38-42-46-50-54-60(65)62-58(57-63)59(64)53-49-45-41-37-33-29-25-20-18-16-14-12-10-8-6-4-2/h21,24,58-59,63-64H,3-20,22-23,25-57H2,1-2H3,(H,62,65)/b24-21-. The molecule has 0 heterocycles. The molecule has 0 aliphatic heterocycles. The van der Waals surface area contributed by atoms with Crippen molar-refractivity contribution in [1.29, 1.82) is 0 Å². The maximum Gasteiger partial charge on any atom is 0.305 e. The fourth-order valence-electron chi connectivity index (χ4n) is 9.64. The maximum atomic E-state index is 12.5. The minimum Gasteiger partial charge on any atom is -0.466 e. The van der Waals surface area contributed by atoms with Crippen LogP contribution in [0.1, 0.15) is 341 Å². The van der Waals surface area contributed by atoms with Gasteiger partial charge in [0.15, 0.2) is 0 Å². The lowest BCUT2D eigenvalue weighted by Gasteiger charge is -2.22. The average molecular weight is 947 g/mol. The zero-order valence-electron chi connectivity index (χ0n) is 45.4. The number of nitrogens with one attached hydrogen (secondary N) is 1. The molecule has 0 fully saturated rings. The molecule has 0 spiro atoms. The number of amides is 1. The molecule has 6 heteroatoms. The number of carbonyl (C=O) groups is 2. The number of carbonyl (C=O) groups excluding carboxylic acids is 2. The van der Waals surface area contributed by atoms with Crippen LogP contribution >= 0.6 is 0 Å². The van der Waals surface area contributed by atoms with E-state index in [2.05, 4.69) is 31.3 Å². The molecule has 1 amide bonds. The third-order valence-corrected chi connectivity index (χ3v) is 14.3. The minimum atomic E-state index is -0.671. The largest absolute Gasteiger partial charge is 0.466 e. The van der Waals surface area contributed by atoms with Gasteiger partial charge in [-0.25, -0.2) is 0 Å². The first-order valence-corrected chi connectivity index (χ1v) is 30.4. The Morgan fingerprint density at radius 3 is 1.06 bits per heavy atom. The summed E-state index contributed by atoms with van der Waals surface area (Å²) in [6.07, 6.45) is 67.8. The molecule has 0 aromatic heterocycles. The lowest BCUT2D eigenvalue weighted by atomic mass is 10.0. The summed E-state index contributed by atoms with van der Waals surface area (Å²) in [5.41, 5.74) is 0. The lowest BCUT2D eigenvalue weighted by Crippen LogP contribution is -2.45. The number of hydrogen-bond acceptors (Lipinski definition) is 5. The van der Waals surface area contributed by atoms with Crippen molar-refractivity contribution in [3.63, 3.8) is 0 Å². The lowest BCUT2D eigenvalue weighted by molar-refractivity contribution is -0.143. The predicted molar refractivity (Wildman–Crippen MR) is 292 cm³/mol. The second-order valence-corrected chi connectivity index (χ2v) is 21.0. The van der Waals surface area contributed by atoms with E-state index in [9.17, 15) is 19.8 Å². The van der Waals surface area contributed by atoms with Gasteiger partial charge in [-0.2, -0.15) is 0 Å². The summed E-state index contributed by atoms with van der Waals surface area (Å²) in [5.74, 6) is -0.0414. The van der Waals surface area contributed by atoms with Crippen molar-refractivity contribution in [2.24, 2.45) is 0 Å². The van der Waals surface area contributed by atoms with Crippen molar-refractivity contribution in [1.82, 2.24) is 5.32 Å². The van der Waals surface area contributed by atoms with Crippen molar-refractivity contribution in [2.45, 2.75) is 353 Å². The van der Waals surface area contributed by atoms with Crippen molar-refractivity contribution in [2.75, 3.05) is 13.2 Å². The predicted octanol–water partition coefficient (Wildman–Crippen LogP) is 18.9. The van der Waals surface area contributed by atoms with Gasteiger partial charge in [0.05, 0.1) is 25.4 Å². The monoisotopic (exact) mass is 946 g/mol. The molecular weight excluding hydrogens is 827 g/mol. The summed E-state index contributed by atoms with van der Waals surface area (Å²) in [7, 11) is 0. The Bertz CT molecular complexity index is 1000. The van der Waals surface area contributed by atoms with Gasteiger partial charge in [-0.05, 0) is 51.4 Å². The van der Waals surface area contributed by atoms with Crippen LogP contribution in [0.5, 0.6) is 0 Å². The highest BCUT2D eigenvalue weighted by atomic mass is 16.5. The molecule has 67 heavy (non-hydrogen) atoms. The Morgan fingerprint density at radius 1 is 0.403 bits per heavy atom. The van der Waals surface area contributed by atoms with E-state index in [1.165, 1.54) is 257 Å². The molecule has 0 aliphatic carbocycles. The number of allylic oxidation sites excluding steroid dienone is 2. The summed E-state index contributed by atoms with van der Waals surface area (Å²) >= 11 is 0. The molecule has 2 atom stereocenters. The van der Waals surface area contributed by atoms with E-state index in [0.29, 0.717) is 25.9 Å². The molecular formula is C61H119NO5. The summed E-state index contributed by atoms with van der Waals surface area (Å²) < 4.78 is 5.48. The molecule has 0 aromatic rings. The van der Waals surface area contributed by atoms with Gasteiger partial charge in [0.1, 0.15) is 0 Å². The van der Waals surface area contributed by atoms with Gasteiger partial charge in [0.2, 0.25) is 5.91 Å². The molecule has 398 valence electrons. The molecule has 0 radical (unpaired) electrons. The van der Waals surface area contributed by atoms with Crippen LogP contribution in [0.4, 0.5) is 0 Å². The van der Waals surface area contributed by atoms with Gasteiger partial charge < -0.3 is 20.3 Å². The molecule has 6 nitrogen and oxygen atoms in total. The van der Waals surface area contributed by atoms with Gasteiger partial charge in [-0.3, -0.25) is 9.59 Å². The first-order valence-electron chi connectivity index (χ1n) is 30.4. The van der Waals surface area contributed by atoms with Gasteiger partial charge in [0, 0.05) is 12.8 Å². The van der Waals surface area contributed by atoms with Crippen molar-refractivity contribution in [3.05, 3.63) is 12.2 Å². The van der Waals surface area contributed by atoms with Crippen LogP contribution in [0.15, 0.2) is 12.2 Å². The molecule has 0 aromatic carbocycles. The maximum absolute atomic E-state index is 12.5. The number of rotatable bonds is 57. The molecule has 2 unspecified atom stereocenters. The van der Waals surface area contributed by atoms with Crippen LogP contribution in [-0.2, 0) is 14.3 Å². The number of aliphatic hydroxyl groups is 2. The Kier molecular flexibility index (Phi) is 56.0. The average Bonchev–Trinajstić information content (AvgIpc) is 3.33. The fraction of sp³-hybridized carbons (Fsp3) is 0.934. The van der Waals surface area contributed by atoms with Crippen LogP contribution in [0.25, 0.3) is 0 Å². The van der Waals surface area contributed by atoms with Crippen molar-refractivity contribution in [3.8, 4) is 0 Å². The van der Waals surface area contributed by atoms with E-state index >= 15 is 0 Å². The first-order chi connectivity index (χ1) is 33.0. The van der Waals surface area contributed by atoms with Crippen LogP contribution in [0.2, 0.25) is 0 Å². The zero-order valence-corrected chi connectivity index (χ0v) is 45.4. The van der Waals surface area contributed by atoms with Gasteiger partial charge in [0.25, 0.3) is 0 Å². The summed E-state index contributed by atoms with van der Waals surface area (Å²) in [5, 5.41) is 23.3. The van der Waals surface area contributed by atoms with Crippen LogP contribution in [0, 0.1) is 0 Å². The summed E-state index contributed by atoms with van der Waals surface area (Å²) in [4.78, 5) is 24.6. The SMILES string of the molecule is CCCCCCCCCCCCCCCCCCCC(=O)OCCCCCCCC/C=C\CCCCCCCCCC(=O)NC(CO)C(O)CCCCCCCCCCCCCCCCCC.